The lowest BCUT2D eigenvalue weighted by atomic mass is 10.0. The molecule has 1 atom stereocenters. The zero-order valence-corrected chi connectivity index (χ0v) is 16.2. The molecule has 2 fully saturated rings. The van der Waals surface area contributed by atoms with Crippen LogP contribution >= 0.6 is 0 Å². The number of carbonyl (C=O) groups is 2. The standard InChI is InChI=1S/C21H22N2O6/c1-12-17(6-5-15-14-3-2-4-16(14)20(25)29-19(12)15)27-11-18(24)22-7-8-23-13(9-22)10-28-21(23)26/h5-6,13H,2-4,7-11H2,1H3. The Hall–Kier alpha value is -3.03. The third-order valence-corrected chi connectivity index (χ3v) is 6.16. The zero-order chi connectivity index (χ0) is 20.1. The second-order valence-corrected chi connectivity index (χ2v) is 7.82. The lowest BCUT2D eigenvalue weighted by Gasteiger charge is -2.35. The van der Waals surface area contributed by atoms with E-state index < -0.39 is 0 Å². The van der Waals surface area contributed by atoms with Crippen molar-refractivity contribution in [2.75, 3.05) is 32.8 Å². The Labute approximate surface area is 167 Å². The number of rotatable bonds is 3. The lowest BCUT2D eigenvalue weighted by molar-refractivity contribution is -0.135. The molecule has 8 heteroatoms. The fourth-order valence-corrected chi connectivity index (χ4v) is 4.57. The van der Waals surface area contributed by atoms with Crippen molar-refractivity contribution in [1.29, 1.82) is 0 Å². The van der Waals surface area contributed by atoms with Gasteiger partial charge in [-0.1, -0.05) is 0 Å². The highest BCUT2D eigenvalue weighted by molar-refractivity contribution is 5.86. The van der Waals surface area contributed by atoms with Gasteiger partial charge in [-0.25, -0.2) is 9.59 Å². The third kappa shape index (κ3) is 2.94. The maximum Gasteiger partial charge on any atom is 0.410 e. The van der Waals surface area contributed by atoms with Gasteiger partial charge < -0.3 is 18.8 Å². The minimum absolute atomic E-state index is 0.0843. The van der Waals surface area contributed by atoms with Crippen LogP contribution in [0.1, 0.15) is 23.1 Å². The maximum atomic E-state index is 12.6. The van der Waals surface area contributed by atoms with Gasteiger partial charge in [-0.2, -0.15) is 0 Å². The van der Waals surface area contributed by atoms with Gasteiger partial charge in [0.2, 0.25) is 0 Å². The molecule has 152 valence electrons. The molecule has 2 saturated heterocycles. The molecule has 0 bridgehead atoms. The lowest BCUT2D eigenvalue weighted by Crippen LogP contribution is -2.54. The van der Waals surface area contributed by atoms with Crippen LogP contribution in [0.2, 0.25) is 0 Å². The van der Waals surface area contributed by atoms with Gasteiger partial charge in [-0.05, 0) is 43.9 Å². The van der Waals surface area contributed by atoms with Gasteiger partial charge in [0.25, 0.3) is 5.91 Å². The number of fused-ring (bicyclic) bond motifs is 4. The maximum absolute atomic E-state index is 12.6. The van der Waals surface area contributed by atoms with Crippen molar-refractivity contribution in [3.63, 3.8) is 0 Å². The molecule has 0 radical (unpaired) electrons. The van der Waals surface area contributed by atoms with Crippen LogP contribution in [0.5, 0.6) is 5.75 Å². The van der Waals surface area contributed by atoms with E-state index in [1.807, 2.05) is 19.1 Å². The number of hydrogen-bond donors (Lipinski definition) is 0. The molecule has 29 heavy (non-hydrogen) atoms. The summed E-state index contributed by atoms with van der Waals surface area (Å²) in [7, 11) is 0. The van der Waals surface area contributed by atoms with Gasteiger partial charge in [-0.15, -0.1) is 0 Å². The van der Waals surface area contributed by atoms with Crippen LogP contribution in [0.15, 0.2) is 21.3 Å². The second-order valence-electron chi connectivity index (χ2n) is 7.82. The summed E-state index contributed by atoms with van der Waals surface area (Å²) in [6.45, 7) is 3.43. The Balaban J connectivity index is 1.31. The molecular weight excluding hydrogens is 376 g/mol. The summed E-state index contributed by atoms with van der Waals surface area (Å²) in [6.07, 6.45) is 2.31. The van der Waals surface area contributed by atoms with Gasteiger partial charge >= 0.3 is 11.7 Å². The van der Waals surface area contributed by atoms with Gasteiger partial charge in [-0.3, -0.25) is 9.69 Å². The van der Waals surface area contributed by atoms with E-state index in [1.165, 1.54) is 0 Å². The molecule has 0 N–H and O–H groups in total. The van der Waals surface area contributed by atoms with Crippen molar-refractivity contribution in [2.45, 2.75) is 32.2 Å². The molecule has 0 saturated carbocycles. The Bertz CT molecular complexity index is 1080. The highest BCUT2D eigenvalue weighted by Crippen LogP contribution is 2.33. The molecule has 0 spiro atoms. The number of aryl methyl sites for hydroxylation is 2. The zero-order valence-electron chi connectivity index (χ0n) is 16.2. The molecule has 3 aliphatic rings. The van der Waals surface area contributed by atoms with Crippen LogP contribution in [-0.2, 0) is 22.4 Å². The van der Waals surface area contributed by atoms with E-state index in [-0.39, 0.29) is 30.3 Å². The molecule has 8 nitrogen and oxygen atoms in total. The van der Waals surface area contributed by atoms with E-state index in [9.17, 15) is 14.4 Å². The van der Waals surface area contributed by atoms with Crippen LogP contribution in [0.3, 0.4) is 0 Å². The predicted octanol–water partition coefficient (Wildman–Crippen LogP) is 1.63. The van der Waals surface area contributed by atoms with E-state index in [1.54, 1.807) is 9.80 Å². The summed E-state index contributed by atoms with van der Waals surface area (Å²) < 4.78 is 16.4. The fourth-order valence-electron chi connectivity index (χ4n) is 4.57. The molecular formula is C21H22N2O6. The third-order valence-electron chi connectivity index (χ3n) is 6.16. The van der Waals surface area contributed by atoms with Crippen LogP contribution in [0, 0.1) is 6.92 Å². The van der Waals surface area contributed by atoms with Gasteiger partial charge in [0.15, 0.2) is 6.61 Å². The fraction of sp³-hybridized carbons (Fsp3) is 0.476. The highest BCUT2D eigenvalue weighted by atomic mass is 16.6. The first kappa shape index (κ1) is 18.0. The van der Waals surface area contributed by atoms with Gasteiger partial charge in [0, 0.05) is 36.1 Å². The van der Waals surface area contributed by atoms with E-state index >= 15 is 0 Å². The van der Waals surface area contributed by atoms with Crippen molar-refractivity contribution in [2.24, 2.45) is 0 Å². The van der Waals surface area contributed by atoms with Crippen LogP contribution in [0.4, 0.5) is 4.79 Å². The molecule has 2 aromatic rings. The second kappa shape index (κ2) is 6.79. The van der Waals surface area contributed by atoms with E-state index in [0.29, 0.717) is 37.6 Å². The summed E-state index contributed by atoms with van der Waals surface area (Å²) in [4.78, 5) is 39.8. The number of hydrogen-bond acceptors (Lipinski definition) is 6. The van der Waals surface area contributed by atoms with E-state index in [4.69, 9.17) is 13.9 Å². The van der Waals surface area contributed by atoms with Crippen molar-refractivity contribution >= 4 is 23.0 Å². The first-order valence-corrected chi connectivity index (χ1v) is 9.95. The van der Waals surface area contributed by atoms with Crippen LogP contribution < -0.4 is 10.4 Å². The van der Waals surface area contributed by atoms with Gasteiger partial charge in [0.1, 0.15) is 17.9 Å². The first-order chi connectivity index (χ1) is 14.0. The molecule has 3 heterocycles. The Morgan fingerprint density at radius 2 is 2.03 bits per heavy atom. The summed E-state index contributed by atoms with van der Waals surface area (Å²) in [5.41, 5.74) is 2.85. The number of amides is 2. The minimum atomic E-state index is -0.307. The Kier molecular flexibility index (Phi) is 4.22. The number of piperazine rings is 1. The number of cyclic esters (lactones) is 1. The van der Waals surface area contributed by atoms with Crippen molar-refractivity contribution in [3.05, 3.63) is 39.2 Å². The molecule has 1 aliphatic carbocycles. The largest absolute Gasteiger partial charge is 0.483 e. The highest BCUT2D eigenvalue weighted by Gasteiger charge is 2.38. The van der Waals surface area contributed by atoms with Crippen LogP contribution in [-0.4, -0.2) is 60.7 Å². The minimum Gasteiger partial charge on any atom is -0.483 e. The summed E-state index contributed by atoms with van der Waals surface area (Å²) >= 11 is 0. The predicted molar refractivity (Wildman–Crippen MR) is 103 cm³/mol. The number of nitrogens with zero attached hydrogens (tertiary/aromatic N) is 2. The average molecular weight is 398 g/mol. The molecule has 1 unspecified atom stereocenters. The topological polar surface area (TPSA) is 89.3 Å². The summed E-state index contributed by atoms with van der Waals surface area (Å²) in [6, 6.07) is 3.67. The molecule has 2 aliphatic heterocycles. The Morgan fingerprint density at radius 1 is 1.21 bits per heavy atom. The molecule has 2 amide bonds. The number of benzene rings is 1. The normalized spacial score (nSPS) is 20.6. The van der Waals surface area contributed by atoms with E-state index in [2.05, 4.69) is 0 Å². The SMILES string of the molecule is Cc1c(OCC(=O)N2CCN3C(=O)OCC3C2)ccc2c3c(c(=O)oc12)CCC3. The Morgan fingerprint density at radius 3 is 2.90 bits per heavy atom. The number of carbonyl (C=O) groups excluding carboxylic acids is 2. The van der Waals surface area contributed by atoms with E-state index in [0.717, 1.165) is 41.3 Å². The molecule has 5 rings (SSSR count). The number of ether oxygens (including phenoxy) is 2. The molecule has 1 aromatic carbocycles. The molecule has 1 aromatic heterocycles. The van der Waals surface area contributed by atoms with Crippen molar-refractivity contribution in [3.8, 4) is 5.75 Å². The van der Waals surface area contributed by atoms with Crippen LogP contribution in [0.25, 0.3) is 11.0 Å². The summed E-state index contributed by atoms with van der Waals surface area (Å²) in [5.74, 6) is 0.392. The summed E-state index contributed by atoms with van der Waals surface area (Å²) in [5, 5.41) is 0.954. The van der Waals surface area contributed by atoms with Gasteiger partial charge in [0.05, 0.1) is 6.04 Å². The first-order valence-electron chi connectivity index (χ1n) is 9.95. The quantitative estimate of drug-likeness (QED) is 0.730. The monoisotopic (exact) mass is 398 g/mol. The average Bonchev–Trinajstić information content (AvgIpc) is 3.35. The van der Waals surface area contributed by atoms with Crippen molar-refractivity contribution in [1.82, 2.24) is 9.80 Å². The smallest absolute Gasteiger partial charge is 0.410 e. The van der Waals surface area contributed by atoms with Crippen molar-refractivity contribution < 1.29 is 23.5 Å².